The first-order valence-electron chi connectivity index (χ1n) is 5.25. The molecule has 0 amide bonds. The van der Waals surface area contributed by atoms with Crippen molar-refractivity contribution in [3.8, 4) is 0 Å². The first-order valence-corrected chi connectivity index (χ1v) is 10.3. The molecule has 0 aliphatic rings. The average molecular weight is 269 g/mol. The smallest absolute Gasteiger partial charge is 0.238 e. The van der Waals surface area contributed by atoms with Gasteiger partial charge in [0.15, 0.2) is 0 Å². The van der Waals surface area contributed by atoms with E-state index in [2.05, 4.69) is 19.6 Å². The van der Waals surface area contributed by atoms with E-state index in [4.69, 9.17) is 9.56 Å². The molecule has 6 heteroatoms. The van der Waals surface area contributed by atoms with Gasteiger partial charge in [-0.1, -0.05) is 19.6 Å². The zero-order chi connectivity index (χ0) is 12.8. The summed E-state index contributed by atoms with van der Waals surface area (Å²) < 4.78 is 28.2. The van der Waals surface area contributed by atoms with Crippen molar-refractivity contribution in [2.24, 2.45) is 5.14 Å². The molecule has 2 aromatic rings. The lowest BCUT2D eigenvalue weighted by Gasteiger charge is -2.10. The number of rotatable bonds is 2. The minimum absolute atomic E-state index is 0.0847. The summed E-state index contributed by atoms with van der Waals surface area (Å²) in [5.74, 6) is 0. The first-order chi connectivity index (χ1) is 7.68. The molecule has 4 nitrogen and oxygen atoms in total. The quantitative estimate of drug-likeness (QED) is 0.842. The Labute approximate surface area is 101 Å². The van der Waals surface area contributed by atoms with Crippen molar-refractivity contribution in [3.05, 3.63) is 24.3 Å². The summed E-state index contributed by atoms with van der Waals surface area (Å²) in [5, 5.41) is 6.95. The van der Waals surface area contributed by atoms with E-state index in [1.54, 1.807) is 6.07 Å². The van der Waals surface area contributed by atoms with Crippen LogP contribution in [0, 0.1) is 0 Å². The second-order valence-corrected chi connectivity index (χ2v) is 11.7. The summed E-state index contributed by atoms with van der Waals surface area (Å²) in [6, 6.07) is 6.69. The number of primary sulfonamides is 1. The van der Waals surface area contributed by atoms with Crippen LogP contribution in [0.25, 0.3) is 11.0 Å². The number of nitrogens with two attached hydrogens (primary N) is 1. The molecule has 0 spiro atoms. The normalized spacial score (nSPS) is 13.2. The van der Waals surface area contributed by atoms with Gasteiger partial charge in [-0.3, -0.25) is 0 Å². The number of sulfonamides is 1. The monoisotopic (exact) mass is 269 g/mol. The molecule has 0 radical (unpaired) electrons. The molecule has 0 atom stereocenters. The van der Waals surface area contributed by atoms with Gasteiger partial charge in [0, 0.05) is 11.5 Å². The summed E-state index contributed by atoms with van der Waals surface area (Å²) in [7, 11) is -5.20. The van der Waals surface area contributed by atoms with E-state index < -0.39 is 18.1 Å². The lowest BCUT2D eigenvalue weighted by atomic mass is 10.3. The van der Waals surface area contributed by atoms with E-state index in [1.165, 1.54) is 12.1 Å². The van der Waals surface area contributed by atoms with Gasteiger partial charge >= 0.3 is 0 Å². The fourth-order valence-electron chi connectivity index (χ4n) is 1.56. The van der Waals surface area contributed by atoms with Crippen LogP contribution in [-0.4, -0.2) is 16.5 Å². The average Bonchev–Trinajstić information content (AvgIpc) is 2.57. The maximum Gasteiger partial charge on any atom is 0.238 e. The van der Waals surface area contributed by atoms with E-state index in [9.17, 15) is 8.42 Å². The zero-order valence-corrected chi connectivity index (χ0v) is 11.8. The molecular formula is C11H15NO3SSi. The Bertz CT molecular complexity index is 668. The Hall–Kier alpha value is -1.11. The van der Waals surface area contributed by atoms with Gasteiger partial charge in [-0.25, -0.2) is 13.6 Å². The second kappa shape index (κ2) is 3.69. The Balaban J connectivity index is 2.64. The van der Waals surface area contributed by atoms with Crippen LogP contribution >= 0.6 is 0 Å². The van der Waals surface area contributed by atoms with Crippen LogP contribution in [0.4, 0.5) is 0 Å². The Morgan fingerprint density at radius 2 is 1.82 bits per heavy atom. The van der Waals surface area contributed by atoms with Gasteiger partial charge in [0.25, 0.3) is 0 Å². The molecule has 1 heterocycles. The van der Waals surface area contributed by atoms with E-state index in [-0.39, 0.29) is 4.90 Å². The molecule has 0 unspecified atom stereocenters. The van der Waals surface area contributed by atoms with Crippen LogP contribution in [0.1, 0.15) is 0 Å². The Morgan fingerprint density at radius 3 is 2.35 bits per heavy atom. The van der Waals surface area contributed by atoms with Gasteiger partial charge in [-0.2, -0.15) is 0 Å². The summed E-state index contributed by atoms with van der Waals surface area (Å²) >= 11 is 0. The molecule has 0 saturated carbocycles. The SMILES string of the molecule is C[Si](C)(C)c1cc2ccc(S(N)(=O)=O)cc2o1. The number of fused-ring (bicyclic) bond motifs is 1. The Kier molecular flexibility index (Phi) is 2.68. The fraction of sp³-hybridized carbons (Fsp3) is 0.273. The number of hydrogen-bond donors (Lipinski definition) is 1. The molecule has 17 heavy (non-hydrogen) atoms. The second-order valence-electron chi connectivity index (χ2n) is 5.11. The third-order valence-electron chi connectivity index (χ3n) is 2.56. The van der Waals surface area contributed by atoms with Gasteiger partial charge in [0.1, 0.15) is 13.7 Å². The standard InChI is InChI=1S/C11H15NO3SSi/c1-17(2,3)11-6-8-4-5-9(16(12,13)14)7-10(8)15-11/h4-7H,1-3H3,(H2,12,13,14). The number of benzene rings is 1. The van der Waals surface area contributed by atoms with Crippen LogP contribution in [0.15, 0.2) is 33.6 Å². The number of furan rings is 1. The lowest BCUT2D eigenvalue weighted by molar-refractivity contribution is 0.597. The minimum Gasteiger partial charge on any atom is -0.466 e. The van der Waals surface area contributed by atoms with Gasteiger partial charge in [0.2, 0.25) is 10.0 Å². The van der Waals surface area contributed by atoms with Gasteiger partial charge in [-0.05, 0) is 18.2 Å². The third-order valence-corrected chi connectivity index (χ3v) is 5.20. The van der Waals surface area contributed by atoms with Crippen molar-refractivity contribution in [1.29, 1.82) is 0 Å². The molecule has 1 aromatic carbocycles. The van der Waals surface area contributed by atoms with Crippen molar-refractivity contribution in [3.63, 3.8) is 0 Å². The van der Waals surface area contributed by atoms with E-state index in [1.807, 2.05) is 6.07 Å². The molecular weight excluding hydrogens is 254 g/mol. The lowest BCUT2D eigenvalue weighted by Crippen LogP contribution is -2.36. The molecule has 0 aliphatic heterocycles. The third kappa shape index (κ3) is 2.43. The topological polar surface area (TPSA) is 73.3 Å². The predicted molar refractivity (Wildman–Crippen MR) is 70.6 cm³/mol. The molecule has 0 saturated heterocycles. The van der Waals surface area contributed by atoms with Crippen molar-refractivity contribution in [2.75, 3.05) is 0 Å². The Morgan fingerprint density at radius 1 is 1.18 bits per heavy atom. The highest BCUT2D eigenvalue weighted by Crippen LogP contribution is 2.20. The summed E-state index contributed by atoms with van der Waals surface area (Å²) in [6.45, 7) is 6.52. The molecule has 2 rings (SSSR count). The van der Waals surface area contributed by atoms with Crippen molar-refractivity contribution in [1.82, 2.24) is 0 Å². The summed E-state index contributed by atoms with van der Waals surface area (Å²) in [6.07, 6.45) is 0. The highest BCUT2D eigenvalue weighted by atomic mass is 32.2. The molecule has 0 aliphatic carbocycles. The van der Waals surface area contributed by atoms with E-state index >= 15 is 0 Å². The van der Waals surface area contributed by atoms with Crippen LogP contribution in [-0.2, 0) is 10.0 Å². The largest absolute Gasteiger partial charge is 0.466 e. The molecule has 0 bridgehead atoms. The van der Waals surface area contributed by atoms with Crippen LogP contribution in [0.3, 0.4) is 0 Å². The summed E-state index contributed by atoms with van der Waals surface area (Å²) in [4.78, 5) is 0.0847. The summed E-state index contributed by atoms with van der Waals surface area (Å²) in [5.41, 5.74) is 0.578. The molecule has 1 aromatic heterocycles. The van der Waals surface area contributed by atoms with Crippen molar-refractivity contribution < 1.29 is 12.8 Å². The van der Waals surface area contributed by atoms with E-state index in [0.717, 1.165) is 10.8 Å². The molecule has 0 fully saturated rings. The van der Waals surface area contributed by atoms with Crippen LogP contribution < -0.4 is 10.5 Å². The van der Waals surface area contributed by atoms with Gasteiger partial charge in [-0.15, -0.1) is 0 Å². The fourth-order valence-corrected chi connectivity index (χ4v) is 3.09. The highest BCUT2D eigenvalue weighted by Gasteiger charge is 2.22. The molecule has 2 N–H and O–H groups in total. The number of hydrogen-bond acceptors (Lipinski definition) is 3. The van der Waals surface area contributed by atoms with Crippen molar-refractivity contribution >= 4 is 34.4 Å². The van der Waals surface area contributed by atoms with Crippen LogP contribution in [0.5, 0.6) is 0 Å². The zero-order valence-electron chi connectivity index (χ0n) is 10.0. The van der Waals surface area contributed by atoms with Gasteiger partial charge < -0.3 is 4.42 Å². The van der Waals surface area contributed by atoms with Crippen molar-refractivity contribution in [2.45, 2.75) is 24.5 Å². The van der Waals surface area contributed by atoms with Crippen LogP contribution in [0.2, 0.25) is 19.6 Å². The maximum absolute atomic E-state index is 11.2. The first kappa shape index (κ1) is 12.3. The predicted octanol–water partition coefficient (Wildman–Crippen LogP) is 1.63. The van der Waals surface area contributed by atoms with Gasteiger partial charge in [0.05, 0.1) is 10.3 Å². The van der Waals surface area contributed by atoms with E-state index in [0.29, 0.717) is 5.58 Å². The highest BCUT2D eigenvalue weighted by molar-refractivity contribution is 7.89. The minimum atomic E-state index is -3.67. The maximum atomic E-state index is 11.2. The molecule has 92 valence electrons.